The second-order valence-electron chi connectivity index (χ2n) is 3.61. The highest BCUT2D eigenvalue weighted by Crippen LogP contribution is 2.32. The number of carboxylic acid groups (broad SMARTS) is 1. The van der Waals surface area contributed by atoms with Crippen LogP contribution >= 0.6 is 11.8 Å². The van der Waals surface area contributed by atoms with Gasteiger partial charge in [-0.15, -0.1) is 0 Å². The van der Waals surface area contributed by atoms with Crippen molar-refractivity contribution in [1.82, 2.24) is 0 Å². The van der Waals surface area contributed by atoms with E-state index in [1.807, 2.05) is 13.8 Å². The van der Waals surface area contributed by atoms with Crippen molar-refractivity contribution in [2.24, 2.45) is 0 Å². The highest BCUT2D eigenvalue weighted by molar-refractivity contribution is 7.99. The second kappa shape index (κ2) is 7.55. The van der Waals surface area contributed by atoms with Gasteiger partial charge in [0.25, 0.3) is 0 Å². The molecule has 3 N–H and O–H groups in total. The molecule has 0 bridgehead atoms. The number of rotatable bonds is 3. The lowest BCUT2D eigenvalue weighted by atomic mass is 10.2. The summed E-state index contributed by atoms with van der Waals surface area (Å²) in [5.74, 6) is -1.31. The number of carbonyl (C=O) groups is 1. The third kappa shape index (κ3) is 4.28. The Balaban J connectivity index is 0.000000956. The van der Waals surface area contributed by atoms with Crippen LogP contribution in [-0.4, -0.2) is 11.1 Å². The van der Waals surface area contributed by atoms with Gasteiger partial charge in [0.05, 0.1) is 5.56 Å². The van der Waals surface area contributed by atoms with E-state index in [1.165, 1.54) is 36.0 Å². The summed E-state index contributed by atoms with van der Waals surface area (Å²) in [6, 6.07) is 10.6. The lowest BCUT2D eigenvalue weighted by Gasteiger charge is -2.06. The summed E-state index contributed by atoms with van der Waals surface area (Å²) in [5, 5.41) is 8.82. The Morgan fingerprint density at radius 3 is 2.25 bits per heavy atom. The SMILES string of the molecule is CC.Nc1cc(C(=O)O)ccc1Sc1ccc(F)cc1. The summed E-state index contributed by atoms with van der Waals surface area (Å²) in [4.78, 5) is 12.3. The molecule has 0 aliphatic rings. The number of nitrogen functional groups attached to an aromatic ring is 1. The van der Waals surface area contributed by atoms with Gasteiger partial charge in [0.15, 0.2) is 0 Å². The van der Waals surface area contributed by atoms with Crippen molar-refractivity contribution in [2.75, 3.05) is 5.73 Å². The van der Waals surface area contributed by atoms with Crippen LogP contribution in [0.1, 0.15) is 24.2 Å². The van der Waals surface area contributed by atoms with Crippen molar-refractivity contribution < 1.29 is 14.3 Å². The van der Waals surface area contributed by atoms with Gasteiger partial charge in [0.1, 0.15) is 5.82 Å². The fourth-order valence-corrected chi connectivity index (χ4v) is 2.24. The van der Waals surface area contributed by atoms with E-state index in [0.717, 1.165) is 9.79 Å². The zero-order valence-corrected chi connectivity index (χ0v) is 12.1. The van der Waals surface area contributed by atoms with Gasteiger partial charge in [-0.2, -0.15) is 0 Å². The molecular formula is C15H16FNO2S. The molecule has 2 aromatic rings. The Morgan fingerprint density at radius 1 is 1.15 bits per heavy atom. The molecule has 0 unspecified atom stereocenters. The van der Waals surface area contributed by atoms with Gasteiger partial charge in [-0.3, -0.25) is 0 Å². The van der Waals surface area contributed by atoms with Crippen LogP contribution in [0.3, 0.4) is 0 Å². The van der Waals surface area contributed by atoms with Gasteiger partial charge >= 0.3 is 5.97 Å². The first kappa shape index (κ1) is 16.0. The van der Waals surface area contributed by atoms with Gasteiger partial charge in [0.2, 0.25) is 0 Å². The molecule has 2 rings (SSSR count). The van der Waals surface area contributed by atoms with Crippen LogP contribution in [-0.2, 0) is 0 Å². The van der Waals surface area contributed by atoms with E-state index in [2.05, 4.69) is 0 Å². The monoisotopic (exact) mass is 293 g/mol. The number of anilines is 1. The second-order valence-corrected chi connectivity index (χ2v) is 4.73. The molecule has 106 valence electrons. The predicted molar refractivity (Wildman–Crippen MR) is 79.7 cm³/mol. The zero-order chi connectivity index (χ0) is 15.1. The average Bonchev–Trinajstić information content (AvgIpc) is 2.45. The summed E-state index contributed by atoms with van der Waals surface area (Å²) in [7, 11) is 0. The van der Waals surface area contributed by atoms with Crippen molar-refractivity contribution in [3.8, 4) is 0 Å². The van der Waals surface area contributed by atoms with E-state index in [-0.39, 0.29) is 11.4 Å². The minimum absolute atomic E-state index is 0.149. The third-order valence-corrected chi connectivity index (χ3v) is 3.40. The topological polar surface area (TPSA) is 63.3 Å². The lowest BCUT2D eigenvalue weighted by molar-refractivity contribution is 0.0697. The molecule has 0 radical (unpaired) electrons. The summed E-state index contributed by atoms with van der Waals surface area (Å²) in [6.07, 6.45) is 0. The van der Waals surface area contributed by atoms with Crippen LogP contribution in [0.5, 0.6) is 0 Å². The van der Waals surface area contributed by atoms with Gasteiger partial charge in [-0.05, 0) is 42.5 Å². The number of halogens is 1. The van der Waals surface area contributed by atoms with Crippen LogP contribution in [0.15, 0.2) is 52.3 Å². The quantitative estimate of drug-likeness (QED) is 0.829. The van der Waals surface area contributed by atoms with Crippen LogP contribution in [0.4, 0.5) is 10.1 Å². The van der Waals surface area contributed by atoms with Gasteiger partial charge in [-0.1, -0.05) is 25.6 Å². The molecule has 0 aliphatic carbocycles. The number of carboxylic acids is 1. The highest BCUT2D eigenvalue weighted by atomic mass is 32.2. The molecule has 0 fully saturated rings. The molecule has 0 atom stereocenters. The van der Waals surface area contributed by atoms with Crippen molar-refractivity contribution in [3.63, 3.8) is 0 Å². The Hall–Kier alpha value is -2.01. The Morgan fingerprint density at radius 2 is 1.75 bits per heavy atom. The lowest BCUT2D eigenvalue weighted by Crippen LogP contribution is -1.98. The van der Waals surface area contributed by atoms with E-state index >= 15 is 0 Å². The molecule has 3 nitrogen and oxygen atoms in total. The molecule has 2 aromatic carbocycles. The van der Waals surface area contributed by atoms with E-state index in [0.29, 0.717) is 5.69 Å². The number of benzene rings is 2. The highest BCUT2D eigenvalue weighted by Gasteiger charge is 2.07. The van der Waals surface area contributed by atoms with Crippen molar-refractivity contribution >= 4 is 23.4 Å². The van der Waals surface area contributed by atoms with Crippen LogP contribution in [0.25, 0.3) is 0 Å². The predicted octanol–water partition coefficient (Wildman–Crippen LogP) is 4.28. The van der Waals surface area contributed by atoms with E-state index < -0.39 is 5.97 Å². The minimum Gasteiger partial charge on any atom is -0.478 e. The maximum atomic E-state index is 12.7. The average molecular weight is 293 g/mol. The molecule has 0 amide bonds. The molecule has 0 aliphatic heterocycles. The van der Waals surface area contributed by atoms with Crippen LogP contribution in [0.2, 0.25) is 0 Å². The molecule has 0 heterocycles. The molecule has 0 saturated carbocycles. The van der Waals surface area contributed by atoms with E-state index in [4.69, 9.17) is 10.8 Å². The number of nitrogens with two attached hydrogens (primary N) is 1. The van der Waals surface area contributed by atoms with Crippen molar-refractivity contribution in [2.45, 2.75) is 23.6 Å². The summed E-state index contributed by atoms with van der Waals surface area (Å²) in [5.41, 5.74) is 6.32. The molecule has 0 spiro atoms. The first-order chi connectivity index (χ1) is 9.56. The maximum absolute atomic E-state index is 12.7. The number of hydrogen-bond donors (Lipinski definition) is 2. The normalized spacial score (nSPS) is 9.55. The van der Waals surface area contributed by atoms with Gasteiger partial charge < -0.3 is 10.8 Å². The third-order valence-electron chi connectivity index (χ3n) is 2.30. The Kier molecular flexibility index (Phi) is 6.06. The van der Waals surface area contributed by atoms with Crippen LogP contribution < -0.4 is 5.73 Å². The van der Waals surface area contributed by atoms with E-state index in [1.54, 1.807) is 18.2 Å². The van der Waals surface area contributed by atoms with Crippen LogP contribution in [0, 0.1) is 5.82 Å². The summed E-state index contributed by atoms with van der Waals surface area (Å²) < 4.78 is 12.7. The molecular weight excluding hydrogens is 277 g/mol. The smallest absolute Gasteiger partial charge is 0.335 e. The number of hydrogen-bond acceptors (Lipinski definition) is 3. The molecule has 0 saturated heterocycles. The number of aromatic carboxylic acids is 1. The van der Waals surface area contributed by atoms with Gasteiger partial charge in [0, 0.05) is 15.5 Å². The van der Waals surface area contributed by atoms with E-state index in [9.17, 15) is 9.18 Å². The largest absolute Gasteiger partial charge is 0.478 e. The summed E-state index contributed by atoms with van der Waals surface area (Å²) in [6.45, 7) is 4.00. The zero-order valence-electron chi connectivity index (χ0n) is 11.3. The molecule has 0 aromatic heterocycles. The Labute approximate surface area is 121 Å². The van der Waals surface area contributed by atoms with Crippen molar-refractivity contribution in [3.05, 3.63) is 53.8 Å². The first-order valence-corrected chi connectivity index (χ1v) is 6.94. The minimum atomic E-state index is -1.01. The maximum Gasteiger partial charge on any atom is 0.335 e. The summed E-state index contributed by atoms with van der Waals surface area (Å²) >= 11 is 1.36. The van der Waals surface area contributed by atoms with Gasteiger partial charge in [-0.25, -0.2) is 9.18 Å². The molecule has 5 heteroatoms. The first-order valence-electron chi connectivity index (χ1n) is 6.12. The fourth-order valence-electron chi connectivity index (χ4n) is 1.40. The molecule has 20 heavy (non-hydrogen) atoms. The standard InChI is InChI=1S/C13H10FNO2S.C2H6/c14-9-2-4-10(5-3-9)18-12-6-1-8(13(16)17)7-11(12)15;1-2/h1-7H,15H2,(H,16,17);1-2H3. The Bertz CT molecular complexity index is 585. The fraction of sp³-hybridized carbons (Fsp3) is 0.133. The van der Waals surface area contributed by atoms with Crippen molar-refractivity contribution in [1.29, 1.82) is 0 Å².